The highest BCUT2D eigenvalue weighted by Gasteiger charge is 2.35. The molecule has 262 valence electrons. The molecule has 0 unspecified atom stereocenters. The molecule has 1 aliphatic heterocycles. The number of carbonyl (C=O) groups excluding carboxylic acids is 2. The maximum Gasteiger partial charge on any atom is 0.416 e. The molecule has 3 aromatic carbocycles. The molecule has 1 atom stereocenters. The standard InChI is InChI=1S/C40H39F3N6O2/c1-46-29-44-26-35(46)25-37(39(51)48-23-21-47(22-24-48)27-31-7-3-2-4-8-31)49(28-32-10-15-33(16-11-32)36-9-5-6-20-45-36)38(50)19-14-30-12-17-34(18-13-30)40(41,42)43/h2-20,26,29,37H,21-25,27-28H2,1H3/t37-/m0/s1. The third kappa shape index (κ3) is 9.17. The predicted octanol–water partition coefficient (Wildman–Crippen LogP) is 6.50. The van der Waals surface area contributed by atoms with Gasteiger partial charge >= 0.3 is 6.18 Å². The first kappa shape index (κ1) is 35.3. The number of aromatic nitrogens is 3. The molecule has 0 N–H and O–H groups in total. The summed E-state index contributed by atoms with van der Waals surface area (Å²) in [7, 11) is 1.85. The van der Waals surface area contributed by atoms with E-state index >= 15 is 0 Å². The van der Waals surface area contributed by atoms with Crippen molar-refractivity contribution in [2.75, 3.05) is 26.2 Å². The van der Waals surface area contributed by atoms with Gasteiger partial charge in [0.15, 0.2) is 0 Å². The Morgan fingerprint density at radius 2 is 1.57 bits per heavy atom. The van der Waals surface area contributed by atoms with Gasteiger partial charge in [-0.2, -0.15) is 13.2 Å². The highest BCUT2D eigenvalue weighted by Crippen LogP contribution is 2.29. The largest absolute Gasteiger partial charge is 0.416 e. The summed E-state index contributed by atoms with van der Waals surface area (Å²) in [6.07, 6.45) is 3.65. The van der Waals surface area contributed by atoms with Crippen LogP contribution in [0.25, 0.3) is 17.3 Å². The molecule has 0 radical (unpaired) electrons. The number of nitrogens with zero attached hydrogens (tertiary/aromatic N) is 6. The van der Waals surface area contributed by atoms with E-state index in [1.54, 1.807) is 23.6 Å². The Balaban J connectivity index is 1.28. The van der Waals surface area contributed by atoms with Crippen molar-refractivity contribution in [2.24, 2.45) is 7.05 Å². The molecule has 6 rings (SSSR count). The van der Waals surface area contributed by atoms with Gasteiger partial charge in [-0.15, -0.1) is 0 Å². The molecule has 2 aromatic heterocycles. The van der Waals surface area contributed by atoms with Crippen LogP contribution in [0.4, 0.5) is 13.2 Å². The fourth-order valence-corrected chi connectivity index (χ4v) is 6.19. The summed E-state index contributed by atoms with van der Waals surface area (Å²) in [5.41, 5.74) is 4.18. The molecule has 0 spiro atoms. The maximum absolute atomic E-state index is 14.5. The molecule has 51 heavy (non-hydrogen) atoms. The summed E-state index contributed by atoms with van der Waals surface area (Å²) in [5, 5.41) is 0. The van der Waals surface area contributed by atoms with Gasteiger partial charge in [-0.25, -0.2) is 4.98 Å². The third-order valence-electron chi connectivity index (χ3n) is 9.12. The van der Waals surface area contributed by atoms with Crippen LogP contribution in [0, 0.1) is 0 Å². The molecule has 5 aromatic rings. The zero-order valence-corrected chi connectivity index (χ0v) is 28.3. The zero-order chi connectivity index (χ0) is 35.8. The van der Waals surface area contributed by atoms with E-state index in [-0.39, 0.29) is 18.9 Å². The number of piperazine rings is 1. The van der Waals surface area contributed by atoms with Gasteiger partial charge in [0.1, 0.15) is 6.04 Å². The number of aryl methyl sites for hydroxylation is 1. The average Bonchev–Trinajstić information content (AvgIpc) is 3.56. The second kappa shape index (κ2) is 16.0. The minimum atomic E-state index is -4.46. The van der Waals surface area contributed by atoms with Crippen molar-refractivity contribution in [2.45, 2.75) is 31.7 Å². The normalized spacial score (nSPS) is 14.5. The molecule has 3 heterocycles. The Kier molecular flexibility index (Phi) is 11.1. The van der Waals surface area contributed by atoms with Gasteiger partial charge < -0.3 is 14.4 Å². The van der Waals surface area contributed by atoms with E-state index in [0.29, 0.717) is 31.7 Å². The topological polar surface area (TPSA) is 74.6 Å². The summed E-state index contributed by atoms with van der Waals surface area (Å²) in [6, 6.07) is 27.3. The van der Waals surface area contributed by atoms with Crippen LogP contribution in [-0.4, -0.2) is 73.3 Å². The van der Waals surface area contributed by atoms with Gasteiger partial charge in [0.25, 0.3) is 0 Å². The minimum absolute atomic E-state index is 0.126. The Hall–Kier alpha value is -5.55. The van der Waals surface area contributed by atoms with Gasteiger partial charge in [-0.1, -0.05) is 72.8 Å². The molecule has 0 saturated carbocycles. The van der Waals surface area contributed by atoms with E-state index in [1.165, 1.54) is 29.8 Å². The number of hydrogen-bond acceptors (Lipinski definition) is 5. The first-order valence-corrected chi connectivity index (χ1v) is 16.8. The molecule has 2 amide bonds. The number of alkyl halides is 3. The second-order valence-electron chi connectivity index (χ2n) is 12.6. The highest BCUT2D eigenvalue weighted by molar-refractivity contribution is 5.95. The van der Waals surface area contributed by atoms with Crippen molar-refractivity contribution < 1.29 is 22.8 Å². The SMILES string of the molecule is Cn1cncc1C[C@@H](C(=O)N1CCN(Cc2ccccc2)CC1)N(Cc1ccc(-c2ccccn2)cc1)C(=O)C=Cc1ccc(C(F)(F)F)cc1. The minimum Gasteiger partial charge on any atom is -0.338 e. The van der Waals surface area contributed by atoms with Crippen LogP contribution in [0.1, 0.15) is 27.9 Å². The first-order valence-electron chi connectivity index (χ1n) is 16.8. The third-order valence-corrected chi connectivity index (χ3v) is 9.12. The lowest BCUT2D eigenvalue weighted by Gasteiger charge is -2.39. The molecular formula is C40H39F3N6O2. The van der Waals surface area contributed by atoms with Gasteiger partial charge in [0.2, 0.25) is 11.8 Å². The average molecular weight is 693 g/mol. The first-order chi connectivity index (χ1) is 24.6. The van der Waals surface area contributed by atoms with Crippen LogP contribution in [0.15, 0.2) is 122 Å². The highest BCUT2D eigenvalue weighted by atomic mass is 19.4. The molecule has 11 heteroatoms. The monoisotopic (exact) mass is 692 g/mol. The van der Waals surface area contributed by atoms with Crippen LogP contribution in [0.5, 0.6) is 0 Å². The van der Waals surface area contributed by atoms with Crippen molar-refractivity contribution in [1.29, 1.82) is 0 Å². The number of imidazole rings is 1. The zero-order valence-electron chi connectivity index (χ0n) is 28.3. The molecule has 0 bridgehead atoms. The Morgan fingerprint density at radius 3 is 2.20 bits per heavy atom. The van der Waals surface area contributed by atoms with E-state index in [2.05, 4.69) is 27.0 Å². The van der Waals surface area contributed by atoms with Crippen LogP contribution >= 0.6 is 0 Å². The summed E-state index contributed by atoms with van der Waals surface area (Å²) in [5.74, 6) is -0.608. The number of rotatable bonds is 11. The maximum atomic E-state index is 14.5. The van der Waals surface area contributed by atoms with E-state index in [9.17, 15) is 22.8 Å². The number of amides is 2. The second-order valence-corrected chi connectivity index (χ2v) is 12.6. The smallest absolute Gasteiger partial charge is 0.338 e. The van der Waals surface area contributed by atoms with Crippen molar-refractivity contribution >= 4 is 17.9 Å². The van der Waals surface area contributed by atoms with E-state index in [0.717, 1.165) is 41.2 Å². The predicted molar refractivity (Wildman–Crippen MR) is 190 cm³/mol. The van der Waals surface area contributed by atoms with Gasteiger partial charge in [-0.3, -0.25) is 19.5 Å². The Labute approximate surface area is 295 Å². The van der Waals surface area contributed by atoms with Crippen molar-refractivity contribution in [1.82, 2.24) is 29.2 Å². The van der Waals surface area contributed by atoms with Gasteiger partial charge in [0, 0.05) is 82.5 Å². The van der Waals surface area contributed by atoms with Crippen LogP contribution in [0.3, 0.4) is 0 Å². The fraction of sp³-hybridized carbons (Fsp3) is 0.250. The number of halogens is 3. The summed E-state index contributed by atoms with van der Waals surface area (Å²) < 4.78 is 41.3. The number of benzene rings is 3. The lowest BCUT2D eigenvalue weighted by molar-refractivity contribution is -0.145. The van der Waals surface area contributed by atoms with E-state index in [4.69, 9.17) is 0 Å². The van der Waals surface area contributed by atoms with Crippen molar-refractivity contribution in [3.63, 3.8) is 0 Å². The van der Waals surface area contributed by atoms with Crippen molar-refractivity contribution in [3.8, 4) is 11.3 Å². The van der Waals surface area contributed by atoms with Gasteiger partial charge in [-0.05, 0) is 47.0 Å². The molecule has 1 aliphatic rings. The van der Waals surface area contributed by atoms with E-state index in [1.807, 2.05) is 77.2 Å². The molecule has 8 nitrogen and oxygen atoms in total. The lowest BCUT2D eigenvalue weighted by Crippen LogP contribution is -2.56. The van der Waals surface area contributed by atoms with Crippen LogP contribution in [0.2, 0.25) is 0 Å². The number of pyridine rings is 1. The number of hydrogen-bond donors (Lipinski definition) is 0. The summed E-state index contributed by atoms with van der Waals surface area (Å²) in [6.45, 7) is 3.31. The lowest BCUT2D eigenvalue weighted by atomic mass is 10.0. The molecular weight excluding hydrogens is 653 g/mol. The summed E-state index contributed by atoms with van der Waals surface area (Å²) >= 11 is 0. The number of carbonyl (C=O) groups is 2. The van der Waals surface area contributed by atoms with Crippen molar-refractivity contribution in [3.05, 3.63) is 150 Å². The molecule has 1 fully saturated rings. The Bertz CT molecular complexity index is 1920. The van der Waals surface area contributed by atoms with Gasteiger partial charge in [0.05, 0.1) is 17.6 Å². The summed E-state index contributed by atoms with van der Waals surface area (Å²) in [4.78, 5) is 43.1. The van der Waals surface area contributed by atoms with E-state index < -0.39 is 23.7 Å². The Morgan fingerprint density at radius 1 is 0.863 bits per heavy atom. The molecule has 0 aliphatic carbocycles. The quantitative estimate of drug-likeness (QED) is 0.148. The van der Waals surface area contributed by atoms with Crippen LogP contribution in [-0.2, 0) is 42.3 Å². The molecule has 1 saturated heterocycles. The fourth-order valence-electron chi connectivity index (χ4n) is 6.19. The van der Waals surface area contributed by atoms with Crippen LogP contribution < -0.4 is 0 Å².